The SMILES string of the molecule is CCNC(=O)n1nc(-c2ccc(NC(=O)c3ccc(OC(F)(F)F)cc3)cc2O)cc1C1CC1. The van der Waals surface area contributed by atoms with Crippen LogP contribution >= 0.6 is 0 Å². The Morgan fingerprint density at radius 1 is 1.15 bits per heavy atom. The van der Waals surface area contributed by atoms with Crippen molar-refractivity contribution in [3.8, 4) is 22.8 Å². The van der Waals surface area contributed by atoms with Crippen LogP contribution in [-0.2, 0) is 0 Å². The van der Waals surface area contributed by atoms with Crippen LogP contribution in [0.4, 0.5) is 23.7 Å². The fourth-order valence-corrected chi connectivity index (χ4v) is 3.42. The first-order chi connectivity index (χ1) is 16.1. The zero-order valence-electron chi connectivity index (χ0n) is 18.0. The highest BCUT2D eigenvalue weighted by Gasteiger charge is 2.31. The van der Waals surface area contributed by atoms with E-state index in [1.807, 2.05) is 6.92 Å². The Bertz CT molecular complexity index is 1220. The zero-order valence-corrected chi connectivity index (χ0v) is 18.0. The van der Waals surface area contributed by atoms with Crippen LogP contribution in [0.3, 0.4) is 0 Å². The molecule has 1 aromatic heterocycles. The Hall–Kier alpha value is -4.02. The maximum Gasteiger partial charge on any atom is 0.573 e. The first kappa shape index (κ1) is 23.1. The molecule has 1 aliphatic carbocycles. The number of hydrogen-bond donors (Lipinski definition) is 3. The van der Waals surface area contributed by atoms with Gasteiger partial charge in [0.2, 0.25) is 0 Å². The summed E-state index contributed by atoms with van der Waals surface area (Å²) in [5.74, 6) is -0.932. The van der Waals surface area contributed by atoms with E-state index in [1.54, 1.807) is 18.2 Å². The van der Waals surface area contributed by atoms with Gasteiger partial charge in [0, 0.05) is 35.3 Å². The molecular formula is C23H21F3N4O4. The van der Waals surface area contributed by atoms with Gasteiger partial charge in [0.15, 0.2) is 0 Å². The van der Waals surface area contributed by atoms with Gasteiger partial charge in [0.25, 0.3) is 5.91 Å². The van der Waals surface area contributed by atoms with Gasteiger partial charge < -0.3 is 20.5 Å². The molecule has 178 valence electrons. The van der Waals surface area contributed by atoms with Crippen LogP contribution in [0.25, 0.3) is 11.3 Å². The molecule has 1 saturated carbocycles. The number of phenolic OH excluding ortho intramolecular Hbond substituents is 1. The fourth-order valence-electron chi connectivity index (χ4n) is 3.42. The molecule has 4 rings (SSSR count). The molecule has 3 aromatic rings. The number of alkyl halides is 3. The fraction of sp³-hybridized carbons (Fsp3) is 0.261. The van der Waals surface area contributed by atoms with Gasteiger partial charge in [0.1, 0.15) is 11.5 Å². The first-order valence-electron chi connectivity index (χ1n) is 10.5. The highest BCUT2D eigenvalue weighted by Crippen LogP contribution is 2.42. The Kier molecular flexibility index (Phi) is 6.18. The molecule has 2 amide bonds. The van der Waals surface area contributed by atoms with E-state index in [0.717, 1.165) is 30.7 Å². The number of anilines is 1. The number of aromatic nitrogens is 2. The second-order valence-electron chi connectivity index (χ2n) is 7.73. The predicted molar refractivity (Wildman–Crippen MR) is 117 cm³/mol. The molecule has 1 heterocycles. The van der Waals surface area contributed by atoms with Crippen LogP contribution < -0.4 is 15.4 Å². The highest BCUT2D eigenvalue weighted by molar-refractivity contribution is 6.04. The van der Waals surface area contributed by atoms with Crippen molar-refractivity contribution in [2.75, 3.05) is 11.9 Å². The smallest absolute Gasteiger partial charge is 0.507 e. The summed E-state index contributed by atoms with van der Waals surface area (Å²) in [5.41, 5.74) is 1.95. The minimum Gasteiger partial charge on any atom is -0.507 e. The number of aromatic hydroxyl groups is 1. The number of nitrogens with zero attached hydrogens (tertiary/aromatic N) is 2. The monoisotopic (exact) mass is 474 g/mol. The number of carbonyl (C=O) groups is 2. The van der Waals surface area contributed by atoms with E-state index in [9.17, 15) is 27.9 Å². The summed E-state index contributed by atoms with van der Waals surface area (Å²) in [6.45, 7) is 2.26. The van der Waals surface area contributed by atoms with Crippen LogP contribution in [0.2, 0.25) is 0 Å². The Morgan fingerprint density at radius 2 is 1.85 bits per heavy atom. The molecule has 2 aromatic carbocycles. The summed E-state index contributed by atoms with van der Waals surface area (Å²) in [6.07, 6.45) is -2.90. The molecule has 1 fully saturated rings. The average Bonchev–Trinajstić information content (AvgIpc) is 3.52. The lowest BCUT2D eigenvalue weighted by Gasteiger charge is -2.10. The number of phenols is 1. The summed E-state index contributed by atoms with van der Waals surface area (Å²) >= 11 is 0. The lowest BCUT2D eigenvalue weighted by atomic mass is 10.1. The molecule has 1 aliphatic rings. The van der Waals surface area contributed by atoms with Gasteiger partial charge in [0.05, 0.1) is 11.4 Å². The topological polar surface area (TPSA) is 105 Å². The van der Waals surface area contributed by atoms with E-state index < -0.39 is 18.0 Å². The summed E-state index contributed by atoms with van der Waals surface area (Å²) in [7, 11) is 0. The lowest BCUT2D eigenvalue weighted by Crippen LogP contribution is -2.30. The number of amides is 2. The molecule has 8 nitrogen and oxygen atoms in total. The molecule has 3 N–H and O–H groups in total. The molecule has 34 heavy (non-hydrogen) atoms. The molecule has 0 radical (unpaired) electrons. The van der Waals surface area contributed by atoms with Crippen molar-refractivity contribution in [2.24, 2.45) is 0 Å². The highest BCUT2D eigenvalue weighted by atomic mass is 19.4. The van der Waals surface area contributed by atoms with Gasteiger partial charge in [-0.15, -0.1) is 13.2 Å². The maximum atomic E-state index is 12.4. The number of hydrogen-bond acceptors (Lipinski definition) is 5. The third-order valence-electron chi connectivity index (χ3n) is 5.13. The van der Waals surface area contributed by atoms with E-state index in [-0.39, 0.29) is 28.9 Å². The third kappa shape index (κ3) is 5.30. The van der Waals surface area contributed by atoms with Gasteiger partial charge in [-0.25, -0.2) is 4.79 Å². The Balaban J connectivity index is 1.50. The van der Waals surface area contributed by atoms with E-state index in [4.69, 9.17) is 0 Å². The van der Waals surface area contributed by atoms with Crippen LogP contribution in [0.5, 0.6) is 11.5 Å². The van der Waals surface area contributed by atoms with Gasteiger partial charge in [-0.05, 0) is 62.2 Å². The molecule has 0 aliphatic heterocycles. The van der Waals surface area contributed by atoms with Crippen molar-refractivity contribution in [1.29, 1.82) is 0 Å². The number of nitrogens with one attached hydrogen (secondary N) is 2. The quantitative estimate of drug-likeness (QED) is 0.473. The predicted octanol–water partition coefficient (Wildman–Crippen LogP) is 4.86. The molecule has 0 spiro atoms. The van der Waals surface area contributed by atoms with Gasteiger partial charge in [-0.2, -0.15) is 9.78 Å². The first-order valence-corrected chi connectivity index (χ1v) is 10.5. The summed E-state index contributed by atoms with van der Waals surface area (Å²) in [4.78, 5) is 24.8. The average molecular weight is 474 g/mol. The van der Waals surface area contributed by atoms with Crippen LogP contribution in [0, 0.1) is 0 Å². The number of halogens is 3. The number of rotatable bonds is 6. The maximum absolute atomic E-state index is 12.4. The van der Waals surface area contributed by atoms with E-state index in [1.165, 1.54) is 22.9 Å². The molecular weight excluding hydrogens is 453 g/mol. The van der Waals surface area contributed by atoms with Crippen molar-refractivity contribution in [1.82, 2.24) is 15.1 Å². The van der Waals surface area contributed by atoms with Gasteiger partial charge in [-0.1, -0.05) is 0 Å². The Labute approximate surface area is 192 Å². The number of ether oxygens (including phenoxy) is 1. The normalized spacial score (nSPS) is 13.4. The van der Waals surface area contributed by atoms with Crippen molar-refractivity contribution < 1.29 is 32.6 Å². The van der Waals surface area contributed by atoms with E-state index in [2.05, 4.69) is 20.5 Å². The van der Waals surface area contributed by atoms with E-state index >= 15 is 0 Å². The van der Waals surface area contributed by atoms with Gasteiger partial charge >= 0.3 is 12.4 Å². The van der Waals surface area contributed by atoms with Crippen molar-refractivity contribution in [2.45, 2.75) is 32.0 Å². The molecule has 0 bridgehead atoms. The summed E-state index contributed by atoms with van der Waals surface area (Å²) < 4.78 is 41.9. The van der Waals surface area contributed by atoms with Crippen LogP contribution in [-0.4, -0.2) is 39.7 Å². The molecule has 0 unspecified atom stereocenters. The lowest BCUT2D eigenvalue weighted by molar-refractivity contribution is -0.274. The Morgan fingerprint density at radius 3 is 2.44 bits per heavy atom. The second-order valence-corrected chi connectivity index (χ2v) is 7.73. The second kappa shape index (κ2) is 9.08. The molecule has 0 saturated heterocycles. The summed E-state index contributed by atoms with van der Waals surface area (Å²) in [6, 6.07) is 10.3. The van der Waals surface area contributed by atoms with Crippen molar-refractivity contribution in [3.63, 3.8) is 0 Å². The van der Waals surface area contributed by atoms with Gasteiger partial charge in [-0.3, -0.25) is 4.79 Å². The van der Waals surface area contributed by atoms with Crippen LogP contribution in [0.15, 0.2) is 48.5 Å². The van der Waals surface area contributed by atoms with Crippen molar-refractivity contribution in [3.05, 3.63) is 59.8 Å². The minimum absolute atomic E-state index is 0.104. The number of carbonyl (C=O) groups excluding carboxylic acids is 2. The summed E-state index contributed by atoms with van der Waals surface area (Å²) in [5, 5.41) is 20.2. The zero-order chi connectivity index (χ0) is 24.5. The number of benzene rings is 2. The van der Waals surface area contributed by atoms with Crippen molar-refractivity contribution >= 4 is 17.6 Å². The minimum atomic E-state index is -4.82. The van der Waals surface area contributed by atoms with E-state index in [0.29, 0.717) is 17.8 Å². The standard InChI is InChI=1S/C23H21F3N4O4/c1-2-27-22(33)30-19(13-3-4-13)12-18(29-30)17-10-7-15(11-20(17)31)28-21(32)14-5-8-16(9-6-14)34-23(24,25)26/h5-13,31H,2-4H2,1H3,(H,27,33)(H,28,32). The third-order valence-corrected chi connectivity index (χ3v) is 5.13. The van der Waals surface area contributed by atoms with Crippen LogP contribution in [0.1, 0.15) is 41.7 Å². The largest absolute Gasteiger partial charge is 0.573 e. The molecule has 0 atom stereocenters. The molecule has 11 heteroatoms.